The van der Waals surface area contributed by atoms with E-state index < -0.39 is 20.0 Å². The summed E-state index contributed by atoms with van der Waals surface area (Å²) in [5.74, 6) is -0.186. The lowest BCUT2D eigenvalue weighted by Crippen LogP contribution is -2.45. The molecule has 0 bridgehead atoms. The summed E-state index contributed by atoms with van der Waals surface area (Å²) in [6, 6.07) is -0.848. The Morgan fingerprint density at radius 3 is 1.31 bits per heavy atom. The summed E-state index contributed by atoms with van der Waals surface area (Å²) in [5.41, 5.74) is 0. The van der Waals surface area contributed by atoms with E-state index in [0.29, 0.717) is 17.4 Å². The first kappa shape index (κ1) is 60.0. The second-order valence-corrected chi connectivity index (χ2v) is 20.7. The zero-order valence-corrected chi connectivity index (χ0v) is 42.1. The zero-order chi connectivity index (χ0) is 45.0. The van der Waals surface area contributed by atoms with Crippen molar-refractivity contribution < 1.29 is 32.9 Å². The van der Waals surface area contributed by atoms with Crippen LogP contribution in [-0.2, 0) is 18.4 Å². The molecule has 3 unspecified atom stereocenters. The first-order valence-corrected chi connectivity index (χ1v) is 27.7. The van der Waals surface area contributed by atoms with Crippen LogP contribution in [0, 0.1) is 0 Å². The Labute approximate surface area is 379 Å². The average molecular weight is 884 g/mol. The number of hydrogen-bond donors (Lipinski definition) is 3. The number of carbonyl (C=O) groups excluding carboxylic acids is 1. The zero-order valence-electron chi connectivity index (χ0n) is 41.2. The van der Waals surface area contributed by atoms with E-state index in [9.17, 15) is 19.4 Å². The van der Waals surface area contributed by atoms with E-state index in [4.69, 9.17) is 9.05 Å². The molecule has 0 radical (unpaired) electrons. The van der Waals surface area contributed by atoms with Crippen molar-refractivity contribution in [3.63, 3.8) is 0 Å². The number of carbonyl (C=O) groups is 1. The first-order chi connectivity index (χ1) is 29.5. The van der Waals surface area contributed by atoms with Crippen molar-refractivity contribution >= 4 is 13.7 Å². The van der Waals surface area contributed by atoms with E-state index in [1.54, 1.807) is 6.08 Å². The predicted molar refractivity (Wildman–Crippen MR) is 263 cm³/mol. The summed E-state index contributed by atoms with van der Waals surface area (Å²) in [5, 5.41) is 13.9. The highest BCUT2D eigenvalue weighted by Crippen LogP contribution is 2.43. The molecule has 362 valence electrons. The van der Waals surface area contributed by atoms with Crippen LogP contribution in [0.5, 0.6) is 0 Å². The van der Waals surface area contributed by atoms with E-state index >= 15 is 0 Å². The number of phosphoric acid groups is 1. The monoisotopic (exact) mass is 884 g/mol. The Bertz CT molecular complexity index is 1050. The Hall–Kier alpha value is -1.02. The second kappa shape index (κ2) is 44.2. The summed E-state index contributed by atoms with van der Waals surface area (Å²) in [6.07, 6.45) is 54.2. The molecule has 0 aliphatic carbocycles. The van der Waals surface area contributed by atoms with Crippen LogP contribution in [-0.4, -0.2) is 73.4 Å². The van der Waals surface area contributed by atoms with Gasteiger partial charge in [0.25, 0.3) is 0 Å². The van der Waals surface area contributed by atoms with Crippen LogP contribution in [0.25, 0.3) is 0 Å². The number of amides is 1. The number of quaternary nitrogens is 1. The van der Waals surface area contributed by atoms with Crippen LogP contribution in [0.2, 0.25) is 0 Å². The molecule has 0 fully saturated rings. The van der Waals surface area contributed by atoms with Crippen molar-refractivity contribution in [1.29, 1.82) is 0 Å². The standard InChI is InChI=1S/C52H103N2O6P/c1-6-8-10-12-14-16-18-19-20-21-22-23-24-25-26-27-28-29-30-31-32-33-34-36-37-39-41-43-45-51(55)50(49-60-61(57,58)59-48-47-54(3,4)5)53-52(56)46-44-42-40-38-35-17-15-13-11-9-7-2/h13,15,43,45,50-51,55H,6-12,14,16-42,44,46-49H2,1-5H3,(H-,53,56,57,58)/p+1/b15-13-,45-43+. The normalized spacial score (nSPS) is 14.3. The van der Waals surface area contributed by atoms with E-state index in [1.165, 1.54) is 180 Å². The highest BCUT2D eigenvalue weighted by molar-refractivity contribution is 7.47. The number of hydrogen-bond acceptors (Lipinski definition) is 5. The maximum Gasteiger partial charge on any atom is 0.472 e. The number of likely N-dealkylation sites (N-methyl/N-ethyl adjacent to an activating group) is 1. The molecule has 3 atom stereocenters. The van der Waals surface area contributed by atoms with Gasteiger partial charge in [-0.25, -0.2) is 4.57 Å². The van der Waals surface area contributed by atoms with E-state index in [0.717, 1.165) is 51.4 Å². The van der Waals surface area contributed by atoms with Crippen LogP contribution >= 0.6 is 7.82 Å². The Morgan fingerprint density at radius 2 is 0.902 bits per heavy atom. The minimum atomic E-state index is -4.34. The van der Waals surface area contributed by atoms with Gasteiger partial charge in [0.15, 0.2) is 0 Å². The van der Waals surface area contributed by atoms with Crippen molar-refractivity contribution in [3.05, 3.63) is 24.3 Å². The van der Waals surface area contributed by atoms with Gasteiger partial charge in [0, 0.05) is 6.42 Å². The topological polar surface area (TPSA) is 105 Å². The fourth-order valence-corrected chi connectivity index (χ4v) is 8.47. The molecule has 0 saturated heterocycles. The summed E-state index contributed by atoms with van der Waals surface area (Å²) in [6.45, 7) is 4.79. The van der Waals surface area contributed by atoms with Crippen LogP contribution in [0.1, 0.15) is 251 Å². The van der Waals surface area contributed by atoms with Crippen molar-refractivity contribution in [1.82, 2.24) is 5.32 Å². The summed E-state index contributed by atoms with van der Waals surface area (Å²) in [7, 11) is 1.57. The molecule has 3 N–H and O–H groups in total. The molecule has 0 rings (SSSR count). The molecule has 0 aliphatic heterocycles. The molecule has 0 aliphatic rings. The maximum absolute atomic E-state index is 12.9. The number of unbranched alkanes of at least 4 members (excludes halogenated alkanes) is 33. The first-order valence-electron chi connectivity index (χ1n) is 26.2. The molecule has 9 heteroatoms. The lowest BCUT2D eigenvalue weighted by Gasteiger charge is -2.25. The molecular weight excluding hydrogens is 780 g/mol. The fraction of sp³-hybridized carbons (Fsp3) is 0.904. The number of allylic oxidation sites excluding steroid dienone is 3. The fourth-order valence-electron chi connectivity index (χ4n) is 7.73. The molecule has 0 spiro atoms. The number of nitrogens with one attached hydrogen (secondary N) is 1. The van der Waals surface area contributed by atoms with Gasteiger partial charge in [-0.15, -0.1) is 0 Å². The molecule has 61 heavy (non-hydrogen) atoms. The number of aliphatic hydroxyl groups excluding tert-OH is 1. The van der Waals surface area contributed by atoms with Crippen LogP contribution in [0.4, 0.5) is 0 Å². The summed E-state index contributed by atoms with van der Waals surface area (Å²) >= 11 is 0. The molecule has 0 aromatic carbocycles. The number of rotatable bonds is 48. The Kier molecular flexibility index (Phi) is 43.5. The van der Waals surface area contributed by atoms with Gasteiger partial charge >= 0.3 is 7.82 Å². The van der Waals surface area contributed by atoms with E-state index in [2.05, 4.69) is 31.3 Å². The quantitative estimate of drug-likeness (QED) is 0.0243. The lowest BCUT2D eigenvalue weighted by molar-refractivity contribution is -0.870. The average Bonchev–Trinajstić information content (AvgIpc) is 3.21. The molecular formula is C52H104N2O6P+. The smallest absolute Gasteiger partial charge is 0.387 e. The third-order valence-corrected chi connectivity index (χ3v) is 12.9. The van der Waals surface area contributed by atoms with Crippen molar-refractivity contribution in [2.24, 2.45) is 0 Å². The largest absolute Gasteiger partial charge is 0.472 e. The molecule has 0 aromatic rings. The van der Waals surface area contributed by atoms with Gasteiger partial charge in [-0.2, -0.15) is 0 Å². The Morgan fingerprint density at radius 1 is 0.541 bits per heavy atom. The summed E-state index contributed by atoms with van der Waals surface area (Å²) in [4.78, 5) is 23.1. The van der Waals surface area contributed by atoms with E-state index in [-0.39, 0.29) is 19.1 Å². The SMILES string of the molecule is CCCC/C=C\CCCCCCCC(=O)NC(COP(=O)(O)OCC[N+](C)(C)C)C(O)/C=C/CCCCCCCCCCCCCCCCCCCCCCCCCCCC. The number of aliphatic hydroxyl groups is 1. The molecule has 1 amide bonds. The predicted octanol–water partition coefficient (Wildman–Crippen LogP) is 15.3. The van der Waals surface area contributed by atoms with Crippen molar-refractivity contribution in [3.8, 4) is 0 Å². The number of nitrogens with zero attached hydrogens (tertiary/aromatic N) is 1. The maximum atomic E-state index is 12.9. The Balaban J connectivity index is 4.11. The van der Waals surface area contributed by atoms with Gasteiger partial charge in [0.2, 0.25) is 5.91 Å². The second-order valence-electron chi connectivity index (χ2n) is 19.3. The molecule has 0 saturated carbocycles. The minimum Gasteiger partial charge on any atom is -0.387 e. The highest BCUT2D eigenvalue weighted by Gasteiger charge is 2.27. The van der Waals surface area contributed by atoms with Gasteiger partial charge < -0.3 is 19.8 Å². The van der Waals surface area contributed by atoms with Crippen LogP contribution in [0.15, 0.2) is 24.3 Å². The van der Waals surface area contributed by atoms with Gasteiger partial charge in [-0.1, -0.05) is 231 Å². The third kappa shape index (κ3) is 46.8. The van der Waals surface area contributed by atoms with Gasteiger partial charge in [-0.3, -0.25) is 13.8 Å². The number of phosphoric ester groups is 1. The lowest BCUT2D eigenvalue weighted by atomic mass is 10.0. The van der Waals surface area contributed by atoms with Gasteiger partial charge in [-0.05, 0) is 38.5 Å². The van der Waals surface area contributed by atoms with Crippen molar-refractivity contribution in [2.45, 2.75) is 264 Å². The third-order valence-electron chi connectivity index (χ3n) is 11.9. The molecule has 0 aromatic heterocycles. The summed E-state index contributed by atoms with van der Waals surface area (Å²) < 4.78 is 23.6. The minimum absolute atomic E-state index is 0.0610. The van der Waals surface area contributed by atoms with Crippen LogP contribution in [0.3, 0.4) is 0 Å². The van der Waals surface area contributed by atoms with Gasteiger partial charge in [0.05, 0.1) is 39.9 Å². The van der Waals surface area contributed by atoms with Gasteiger partial charge in [0.1, 0.15) is 13.2 Å². The highest BCUT2D eigenvalue weighted by atomic mass is 31.2. The van der Waals surface area contributed by atoms with Crippen LogP contribution < -0.4 is 5.32 Å². The van der Waals surface area contributed by atoms with Crippen molar-refractivity contribution in [2.75, 3.05) is 40.9 Å². The molecule has 0 heterocycles. The molecule has 8 nitrogen and oxygen atoms in total. The van der Waals surface area contributed by atoms with E-state index in [1.807, 2.05) is 27.2 Å².